The third-order valence-corrected chi connectivity index (χ3v) is 4.35. The smallest absolute Gasteiger partial charge is 0.298 e. The van der Waals surface area contributed by atoms with Crippen LogP contribution < -0.4 is 24.2 Å². The summed E-state index contributed by atoms with van der Waals surface area (Å²) in [6, 6.07) is 11.2. The van der Waals surface area contributed by atoms with Gasteiger partial charge in [-0.05, 0) is 24.3 Å². The van der Waals surface area contributed by atoms with Crippen molar-refractivity contribution in [3.05, 3.63) is 48.0 Å². The number of carbonyl (C=O) groups is 1. The number of hydrogen-bond acceptors (Lipinski definition) is 5. The first kappa shape index (κ1) is 18.6. The number of hydrogen-bond donors (Lipinski definition) is 3. The molecule has 0 saturated heterocycles. The van der Waals surface area contributed by atoms with Crippen LogP contribution in [0.1, 0.15) is 10.4 Å². The minimum atomic E-state index is -3.74. The second-order valence-electron chi connectivity index (χ2n) is 4.88. The van der Waals surface area contributed by atoms with Crippen molar-refractivity contribution >= 4 is 27.5 Å². The van der Waals surface area contributed by atoms with Crippen LogP contribution in [0.15, 0.2) is 42.5 Å². The highest BCUT2D eigenvalue weighted by Gasteiger charge is 2.16. The van der Waals surface area contributed by atoms with E-state index in [-0.39, 0.29) is 11.3 Å². The van der Waals surface area contributed by atoms with E-state index in [1.54, 1.807) is 30.3 Å². The molecule has 134 valence electrons. The molecule has 0 bridgehead atoms. The van der Waals surface area contributed by atoms with Crippen molar-refractivity contribution in [1.82, 2.24) is 4.72 Å². The topological polar surface area (TPSA) is 106 Å². The highest BCUT2D eigenvalue weighted by molar-refractivity contribution is 7.90. The lowest BCUT2D eigenvalue weighted by Gasteiger charge is -2.13. The first-order valence-electron chi connectivity index (χ1n) is 7.24. The van der Waals surface area contributed by atoms with Gasteiger partial charge in [-0.2, -0.15) is 8.42 Å². The van der Waals surface area contributed by atoms with Crippen LogP contribution in [0.2, 0.25) is 0 Å². The van der Waals surface area contributed by atoms with Crippen molar-refractivity contribution in [2.45, 2.75) is 0 Å². The van der Waals surface area contributed by atoms with E-state index in [2.05, 4.69) is 14.8 Å². The van der Waals surface area contributed by atoms with Gasteiger partial charge in [0, 0.05) is 18.8 Å². The van der Waals surface area contributed by atoms with Gasteiger partial charge in [-0.15, -0.1) is 0 Å². The summed E-state index contributed by atoms with van der Waals surface area (Å²) in [6.07, 6.45) is 0. The number of rotatable bonds is 7. The molecule has 0 aromatic heterocycles. The van der Waals surface area contributed by atoms with Crippen LogP contribution in [0.5, 0.6) is 11.5 Å². The van der Waals surface area contributed by atoms with Crippen molar-refractivity contribution < 1.29 is 22.7 Å². The van der Waals surface area contributed by atoms with Gasteiger partial charge in [-0.3, -0.25) is 9.52 Å². The molecule has 3 N–H and O–H groups in total. The highest BCUT2D eigenvalue weighted by atomic mass is 32.2. The van der Waals surface area contributed by atoms with Crippen molar-refractivity contribution in [2.75, 3.05) is 31.3 Å². The summed E-state index contributed by atoms with van der Waals surface area (Å²) in [7, 11) is 0.540. The Kier molecular flexibility index (Phi) is 5.84. The Morgan fingerprint density at radius 2 is 1.68 bits per heavy atom. The molecule has 0 unspecified atom stereocenters. The standard InChI is InChI=1S/C16H19N3O5S/c1-17-25(21,22)19-13-7-5-4-6-12(13)16(20)18-11-8-9-14(23-2)15(10-11)24-3/h4-10,17,19H,1-3H3,(H,18,20). The zero-order valence-electron chi connectivity index (χ0n) is 14.0. The molecule has 2 rings (SSSR count). The van der Waals surface area contributed by atoms with Gasteiger partial charge in [-0.25, -0.2) is 4.72 Å². The van der Waals surface area contributed by atoms with E-state index in [9.17, 15) is 13.2 Å². The van der Waals surface area contributed by atoms with E-state index in [1.165, 1.54) is 33.4 Å². The Bertz CT molecular complexity index is 868. The monoisotopic (exact) mass is 365 g/mol. The van der Waals surface area contributed by atoms with Gasteiger partial charge in [0.05, 0.1) is 25.5 Å². The fourth-order valence-electron chi connectivity index (χ4n) is 2.08. The summed E-state index contributed by atoms with van der Waals surface area (Å²) >= 11 is 0. The predicted molar refractivity (Wildman–Crippen MR) is 95.5 cm³/mol. The summed E-state index contributed by atoms with van der Waals surface area (Å²) in [5.41, 5.74) is 0.819. The highest BCUT2D eigenvalue weighted by Crippen LogP contribution is 2.30. The Balaban J connectivity index is 2.27. The first-order chi connectivity index (χ1) is 11.9. The normalized spacial score (nSPS) is 10.8. The van der Waals surface area contributed by atoms with Crippen molar-refractivity contribution in [3.8, 4) is 11.5 Å². The molecule has 0 atom stereocenters. The Morgan fingerprint density at radius 1 is 1.00 bits per heavy atom. The molecule has 8 nitrogen and oxygen atoms in total. The molecule has 1 amide bonds. The molecule has 0 spiro atoms. The maximum atomic E-state index is 12.5. The average Bonchev–Trinajstić information content (AvgIpc) is 2.61. The van der Waals surface area contributed by atoms with Crippen LogP contribution in [0.25, 0.3) is 0 Å². The van der Waals surface area contributed by atoms with Crippen LogP contribution >= 0.6 is 0 Å². The van der Waals surface area contributed by atoms with Gasteiger partial charge in [0.15, 0.2) is 11.5 Å². The summed E-state index contributed by atoms with van der Waals surface area (Å²) in [4.78, 5) is 12.5. The van der Waals surface area contributed by atoms with E-state index in [0.29, 0.717) is 17.2 Å². The van der Waals surface area contributed by atoms with Gasteiger partial charge < -0.3 is 14.8 Å². The maximum Gasteiger partial charge on any atom is 0.298 e. The third kappa shape index (κ3) is 4.61. The number of ether oxygens (including phenoxy) is 2. The molecule has 0 aliphatic carbocycles. The molecule has 2 aromatic rings. The number of benzene rings is 2. The average molecular weight is 365 g/mol. The van der Waals surface area contributed by atoms with Crippen molar-refractivity contribution in [1.29, 1.82) is 0 Å². The van der Waals surface area contributed by atoms with Crippen LogP contribution in [0.3, 0.4) is 0 Å². The molecule has 9 heteroatoms. The van der Waals surface area contributed by atoms with E-state index < -0.39 is 16.1 Å². The van der Waals surface area contributed by atoms with Crippen LogP contribution in [-0.4, -0.2) is 35.6 Å². The lowest BCUT2D eigenvalue weighted by molar-refractivity contribution is 0.102. The number of para-hydroxylation sites is 1. The predicted octanol–water partition coefficient (Wildman–Crippen LogP) is 1.83. The molecule has 0 radical (unpaired) electrons. The van der Waals surface area contributed by atoms with Gasteiger partial charge in [0.25, 0.3) is 16.1 Å². The SMILES string of the molecule is CNS(=O)(=O)Nc1ccccc1C(=O)Nc1ccc(OC)c(OC)c1. The molecular weight excluding hydrogens is 346 g/mol. The number of nitrogens with one attached hydrogen (secondary N) is 3. The van der Waals surface area contributed by atoms with Crippen molar-refractivity contribution in [2.24, 2.45) is 0 Å². The fraction of sp³-hybridized carbons (Fsp3) is 0.188. The summed E-state index contributed by atoms with van der Waals surface area (Å²) in [6.45, 7) is 0. The second kappa shape index (κ2) is 7.86. The fourth-order valence-corrected chi connectivity index (χ4v) is 2.65. The Hall–Kier alpha value is -2.78. The maximum absolute atomic E-state index is 12.5. The first-order valence-corrected chi connectivity index (χ1v) is 8.72. The van der Waals surface area contributed by atoms with E-state index in [1.807, 2.05) is 0 Å². The molecule has 2 aromatic carbocycles. The van der Waals surface area contributed by atoms with Gasteiger partial charge in [-0.1, -0.05) is 12.1 Å². The lowest BCUT2D eigenvalue weighted by atomic mass is 10.1. The Labute approximate surface area is 146 Å². The molecular formula is C16H19N3O5S. The largest absolute Gasteiger partial charge is 0.493 e. The number of amides is 1. The third-order valence-electron chi connectivity index (χ3n) is 3.33. The minimum absolute atomic E-state index is 0.162. The minimum Gasteiger partial charge on any atom is -0.493 e. The molecule has 0 aliphatic rings. The molecule has 0 aliphatic heterocycles. The lowest BCUT2D eigenvalue weighted by Crippen LogP contribution is -2.27. The van der Waals surface area contributed by atoms with Gasteiger partial charge >= 0.3 is 0 Å². The zero-order chi connectivity index (χ0) is 18.4. The van der Waals surface area contributed by atoms with Gasteiger partial charge in [0.1, 0.15) is 0 Å². The number of methoxy groups -OCH3 is 2. The molecule has 0 heterocycles. The quantitative estimate of drug-likeness (QED) is 0.694. The summed E-state index contributed by atoms with van der Waals surface area (Å²) < 4.78 is 38.1. The molecule has 0 fully saturated rings. The van der Waals surface area contributed by atoms with Gasteiger partial charge in [0.2, 0.25) is 0 Å². The van der Waals surface area contributed by atoms with Crippen molar-refractivity contribution in [3.63, 3.8) is 0 Å². The molecule has 25 heavy (non-hydrogen) atoms. The van der Waals surface area contributed by atoms with Crippen LogP contribution in [0, 0.1) is 0 Å². The number of anilines is 2. The summed E-state index contributed by atoms with van der Waals surface area (Å²) in [5, 5.41) is 2.70. The van der Waals surface area contributed by atoms with E-state index in [4.69, 9.17) is 9.47 Å². The van der Waals surface area contributed by atoms with Crippen LogP contribution in [-0.2, 0) is 10.2 Å². The van der Waals surface area contributed by atoms with E-state index >= 15 is 0 Å². The van der Waals surface area contributed by atoms with Crippen LogP contribution in [0.4, 0.5) is 11.4 Å². The Morgan fingerprint density at radius 3 is 2.32 bits per heavy atom. The zero-order valence-corrected chi connectivity index (χ0v) is 14.8. The molecule has 0 saturated carbocycles. The van der Waals surface area contributed by atoms with E-state index in [0.717, 1.165) is 0 Å². The number of carbonyl (C=O) groups excluding carboxylic acids is 1. The second-order valence-corrected chi connectivity index (χ2v) is 6.50. The summed E-state index contributed by atoms with van der Waals surface area (Å²) in [5.74, 6) is 0.522.